The molecule has 2 atom stereocenters. The Kier molecular flexibility index (Phi) is 4.53. The predicted molar refractivity (Wildman–Crippen MR) is 89.9 cm³/mol. The molecule has 3 rings (SSSR count). The van der Waals surface area contributed by atoms with Gasteiger partial charge in [-0.25, -0.2) is 0 Å². The molecule has 1 aromatic rings. The summed E-state index contributed by atoms with van der Waals surface area (Å²) in [5, 5.41) is 0. The van der Waals surface area contributed by atoms with Crippen molar-refractivity contribution in [1.29, 1.82) is 0 Å². The Hall–Kier alpha value is -1.35. The van der Waals surface area contributed by atoms with Crippen molar-refractivity contribution in [2.75, 3.05) is 26.7 Å². The van der Waals surface area contributed by atoms with Crippen LogP contribution in [0.2, 0.25) is 0 Å². The number of carbonyl (C=O) groups excluding carboxylic acids is 1. The highest BCUT2D eigenvalue weighted by molar-refractivity contribution is 5.83. The molecule has 0 spiro atoms. The number of amides is 1. The first-order chi connectivity index (χ1) is 10.6. The van der Waals surface area contributed by atoms with E-state index in [-0.39, 0.29) is 5.92 Å². The molecule has 1 aliphatic heterocycles. The Morgan fingerprint density at radius 3 is 2.68 bits per heavy atom. The van der Waals surface area contributed by atoms with Crippen LogP contribution in [0.1, 0.15) is 43.2 Å². The monoisotopic (exact) mass is 300 g/mol. The zero-order valence-electron chi connectivity index (χ0n) is 14.1. The van der Waals surface area contributed by atoms with Gasteiger partial charge in [-0.2, -0.15) is 0 Å². The molecule has 1 amide bonds. The molecule has 3 nitrogen and oxygen atoms in total. The lowest BCUT2D eigenvalue weighted by Crippen LogP contribution is -2.46. The summed E-state index contributed by atoms with van der Waals surface area (Å²) < 4.78 is 0. The predicted octanol–water partition coefficient (Wildman–Crippen LogP) is 3.04. The molecule has 1 saturated heterocycles. The summed E-state index contributed by atoms with van der Waals surface area (Å²) in [5.41, 5.74) is 2.63. The van der Waals surface area contributed by atoms with E-state index in [1.165, 1.54) is 11.1 Å². The summed E-state index contributed by atoms with van der Waals surface area (Å²) in [5.74, 6) is 1.03. The lowest BCUT2D eigenvalue weighted by atomic mass is 10.0. The fourth-order valence-electron chi connectivity index (χ4n) is 3.80. The van der Waals surface area contributed by atoms with Crippen LogP contribution in [-0.2, 0) is 4.79 Å². The Labute approximate surface area is 134 Å². The fraction of sp³-hybridized carbons (Fsp3) is 0.632. The van der Waals surface area contributed by atoms with Crippen LogP contribution in [0.25, 0.3) is 0 Å². The van der Waals surface area contributed by atoms with Crippen molar-refractivity contribution in [2.45, 2.75) is 45.1 Å². The largest absolute Gasteiger partial charge is 0.342 e. The Bertz CT molecular complexity index is 534. The topological polar surface area (TPSA) is 23.6 Å². The van der Waals surface area contributed by atoms with Gasteiger partial charge < -0.3 is 9.80 Å². The van der Waals surface area contributed by atoms with Gasteiger partial charge in [0.1, 0.15) is 0 Å². The lowest BCUT2D eigenvalue weighted by molar-refractivity contribution is -0.134. The molecule has 2 fully saturated rings. The van der Waals surface area contributed by atoms with Crippen molar-refractivity contribution in [3.05, 3.63) is 35.4 Å². The number of piperidine rings is 1. The molecule has 0 radical (unpaired) electrons. The van der Waals surface area contributed by atoms with Gasteiger partial charge in [0, 0.05) is 32.1 Å². The number of nitrogens with zero attached hydrogens (tertiary/aromatic N) is 2. The van der Waals surface area contributed by atoms with E-state index in [0.29, 0.717) is 17.9 Å². The van der Waals surface area contributed by atoms with E-state index in [1.807, 2.05) is 11.9 Å². The third-order valence-electron chi connectivity index (χ3n) is 5.48. The van der Waals surface area contributed by atoms with E-state index in [1.54, 1.807) is 0 Å². The van der Waals surface area contributed by atoms with Crippen molar-refractivity contribution in [3.8, 4) is 0 Å². The Morgan fingerprint density at radius 1 is 1.32 bits per heavy atom. The summed E-state index contributed by atoms with van der Waals surface area (Å²) in [6.45, 7) is 7.72. The first-order valence-electron chi connectivity index (χ1n) is 8.65. The maximum absolute atomic E-state index is 12.7. The SMILES string of the molecule is CCN1CCC(N(C)C(=O)[C@@H]2C[C@H]2c2cccc(C)c2)CC1. The third-order valence-corrected chi connectivity index (χ3v) is 5.48. The summed E-state index contributed by atoms with van der Waals surface area (Å²) in [7, 11) is 2.01. The Morgan fingerprint density at radius 2 is 2.05 bits per heavy atom. The van der Waals surface area contributed by atoms with E-state index in [0.717, 1.165) is 38.9 Å². The van der Waals surface area contributed by atoms with Gasteiger partial charge in [0.2, 0.25) is 5.91 Å². The molecule has 0 aromatic heterocycles. The Balaban J connectivity index is 1.56. The maximum atomic E-state index is 12.7. The molecule has 22 heavy (non-hydrogen) atoms. The molecule has 3 heteroatoms. The summed E-state index contributed by atoms with van der Waals surface area (Å²) >= 11 is 0. The number of benzene rings is 1. The minimum Gasteiger partial charge on any atom is -0.342 e. The van der Waals surface area contributed by atoms with Crippen LogP contribution in [0.5, 0.6) is 0 Å². The quantitative estimate of drug-likeness (QED) is 0.853. The standard InChI is InChI=1S/C19H28N2O/c1-4-21-10-8-16(9-11-21)20(3)19(22)18-13-17(18)15-7-5-6-14(2)12-15/h5-7,12,16-18H,4,8-11,13H2,1-3H3/t17-,18+/m0/s1. The second kappa shape index (κ2) is 6.41. The van der Waals surface area contributed by atoms with Crippen molar-refractivity contribution in [1.82, 2.24) is 9.80 Å². The van der Waals surface area contributed by atoms with Crippen molar-refractivity contribution < 1.29 is 4.79 Å². The normalized spacial score (nSPS) is 26.0. The van der Waals surface area contributed by atoms with Crippen LogP contribution in [0.3, 0.4) is 0 Å². The van der Waals surface area contributed by atoms with Gasteiger partial charge in [-0.05, 0) is 44.2 Å². The number of aryl methyl sites for hydroxylation is 1. The van der Waals surface area contributed by atoms with Crippen LogP contribution in [0.15, 0.2) is 24.3 Å². The van der Waals surface area contributed by atoms with Gasteiger partial charge in [-0.15, -0.1) is 0 Å². The minimum absolute atomic E-state index is 0.219. The van der Waals surface area contributed by atoms with Gasteiger partial charge in [-0.3, -0.25) is 4.79 Å². The van der Waals surface area contributed by atoms with E-state index in [4.69, 9.17) is 0 Å². The highest BCUT2D eigenvalue weighted by Gasteiger charge is 2.46. The number of rotatable bonds is 4. The number of hydrogen-bond donors (Lipinski definition) is 0. The first-order valence-corrected chi connectivity index (χ1v) is 8.65. The number of carbonyl (C=O) groups is 1. The van der Waals surface area contributed by atoms with Crippen LogP contribution in [-0.4, -0.2) is 48.4 Å². The smallest absolute Gasteiger partial charge is 0.226 e. The fourth-order valence-corrected chi connectivity index (χ4v) is 3.80. The molecule has 0 unspecified atom stereocenters. The van der Waals surface area contributed by atoms with Gasteiger partial charge >= 0.3 is 0 Å². The van der Waals surface area contributed by atoms with Crippen LogP contribution >= 0.6 is 0 Å². The molecule has 2 aliphatic rings. The molecule has 1 aliphatic carbocycles. The average Bonchev–Trinajstić information content (AvgIpc) is 3.34. The van der Waals surface area contributed by atoms with Crippen molar-refractivity contribution in [3.63, 3.8) is 0 Å². The van der Waals surface area contributed by atoms with Crippen LogP contribution in [0, 0.1) is 12.8 Å². The molecule has 1 aromatic carbocycles. The van der Waals surface area contributed by atoms with E-state index in [2.05, 4.69) is 43.0 Å². The molecule has 120 valence electrons. The summed E-state index contributed by atoms with van der Waals surface area (Å²) in [4.78, 5) is 17.3. The molecule has 1 saturated carbocycles. The zero-order chi connectivity index (χ0) is 15.7. The van der Waals surface area contributed by atoms with E-state index < -0.39 is 0 Å². The highest BCUT2D eigenvalue weighted by Crippen LogP contribution is 2.48. The lowest BCUT2D eigenvalue weighted by Gasteiger charge is -2.36. The van der Waals surface area contributed by atoms with Gasteiger partial charge in [0.15, 0.2) is 0 Å². The molecule has 1 heterocycles. The molecular weight excluding hydrogens is 272 g/mol. The highest BCUT2D eigenvalue weighted by atomic mass is 16.2. The maximum Gasteiger partial charge on any atom is 0.226 e. The molecule has 0 N–H and O–H groups in total. The van der Waals surface area contributed by atoms with Crippen LogP contribution in [0.4, 0.5) is 0 Å². The van der Waals surface area contributed by atoms with Gasteiger partial charge in [-0.1, -0.05) is 36.8 Å². The van der Waals surface area contributed by atoms with Gasteiger partial charge in [0.05, 0.1) is 0 Å². The van der Waals surface area contributed by atoms with Gasteiger partial charge in [0.25, 0.3) is 0 Å². The average molecular weight is 300 g/mol. The molecule has 0 bridgehead atoms. The first kappa shape index (κ1) is 15.5. The zero-order valence-corrected chi connectivity index (χ0v) is 14.1. The summed E-state index contributed by atoms with van der Waals surface area (Å²) in [6.07, 6.45) is 3.27. The second-order valence-corrected chi connectivity index (χ2v) is 6.98. The minimum atomic E-state index is 0.219. The number of likely N-dealkylation sites (tertiary alicyclic amines) is 1. The van der Waals surface area contributed by atoms with Crippen molar-refractivity contribution in [2.24, 2.45) is 5.92 Å². The molecular formula is C19H28N2O. The summed E-state index contributed by atoms with van der Waals surface area (Å²) in [6, 6.07) is 9.07. The second-order valence-electron chi connectivity index (χ2n) is 6.98. The third kappa shape index (κ3) is 3.19. The van der Waals surface area contributed by atoms with E-state index in [9.17, 15) is 4.79 Å². The van der Waals surface area contributed by atoms with Crippen LogP contribution < -0.4 is 0 Å². The van der Waals surface area contributed by atoms with Crippen molar-refractivity contribution >= 4 is 5.91 Å². The van der Waals surface area contributed by atoms with E-state index >= 15 is 0 Å². The number of hydrogen-bond acceptors (Lipinski definition) is 2.